The zero-order chi connectivity index (χ0) is 19.1. The maximum Gasteiger partial charge on any atom is 0.191 e. The molecule has 0 aliphatic rings. The fourth-order valence-electron chi connectivity index (χ4n) is 3.10. The highest BCUT2D eigenvalue weighted by Gasteiger charge is 2.15. The number of rotatable bonds is 7. The molecule has 0 amide bonds. The Morgan fingerprint density at radius 2 is 1.82 bits per heavy atom. The van der Waals surface area contributed by atoms with Crippen molar-refractivity contribution >= 4 is 35.6 Å². The molecule has 2 aromatic heterocycles. The van der Waals surface area contributed by atoms with Crippen LogP contribution in [0.4, 0.5) is 0 Å². The van der Waals surface area contributed by atoms with Gasteiger partial charge in [0, 0.05) is 38.2 Å². The molecule has 6 nitrogen and oxygen atoms in total. The average molecular weight is 492 g/mol. The Labute approximate surface area is 183 Å². The fourth-order valence-corrected chi connectivity index (χ4v) is 3.10. The molecule has 0 saturated carbocycles. The number of guanidine groups is 1. The van der Waals surface area contributed by atoms with Crippen LogP contribution in [0.2, 0.25) is 0 Å². The van der Waals surface area contributed by atoms with Crippen LogP contribution in [-0.2, 0) is 6.42 Å². The number of nitrogens with one attached hydrogen (secondary N) is 2. The van der Waals surface area contributed by atoms with Crippen molar-refractivity contribution in [2.75, 3.05) is 13.6 Å². The third-order valence-corrected chi connectivity index (χ3v) is 4.92. The average Bonchev–Trinajstić information content (AvgIpc) is 3.13. The van der Waals surface area contributed by atoms with Gasteiger partial charge in [-0.1, -0.05) is 43.3 Å². The molecule has 7 heteroatoms. The molecule has 0 fully saturated rings. The van der Waals surface area contributed by atoms with E-state index in [2.05, 4.69) is 63.9 Å². The molecule has 2 heterocycles. The summed E-state index contributed by atoms with van der Waals surface area (Å²) in [6.07, 6.45) is 3.83. The first-order valence-electron chi connectivity index (χ1n) is 9.50. The number of halogens is 1. The minimum atomic E-state index is 0. The topological polar surface area (TPSA) is 66.6 Å². The monoisotopic (exact) mass is 492 g/mol. The SMILES string of the molecule is CN=C(NCCCc1nnc2ccccn12)NC(C)C(C)c1ccccc1.I. The number of fused-ring (bicyclic) bond motifs is 1. The lowest BCUT2D eigenvalue weighted by molar-refractivity contribution is 0.549. The van der Waals surface area contributed by atoms with Gasteiger partial charge in [0.25, 0.3) is 0 Å². The highest BCUT2D eigenvalue weighted by molar-refractivity contribution is 14.0. The molecule has 2 atom stereocenters. The van der Waals surface area contributed by atoms with Crippen molar-refractivity contribution < 1.29 is 0 Å². The van der Waals surface area contributed by atoms with Crippen LogP contribution in [-0.4, -0.2) is 40.2 Å². The third-order valence-electron chi connectivity index (χ3n) is 4.92. The van der Waals surface area contributed by atoms with E-state index < -0.39 is 0 Å². The summed E-state index contributed by atoms with van der Waals surface area (Å²) < 4.78 is 2.04. The predicted octanol–water partition coefficient (Wildman–Crippen LogP) is 3.64. The van der Waals surface area contributed by atoms with E-state index in [-0.39, 0.29) is 30.0 Å². The van der Waals surface area contributed by atoms with Crippen molar-refractivity contribution in [2.24, 2.45) is 4.99 Å². The van der Waals surface area contributed by atoms with Gasteiger partial charge in [0.05, 0.1) is 0 Å². The van der Waals surface area contributed by atoms with E-state index in [1.165, 1.54) is 5.56 Å². The lowest BCUT2D eigenvalue weighted by Gasteiger charge is -2.24. The Kier molecular flexibility index (Phi) is 8.69. The molecule has 3 aromatic rings. The summed E-state index contributed by atoms with van der Waals surface area (Å²) in [5.41, 5.74) is 2.22. The molecule has 2 unspecified atom stereocenters. The molecular formula is C21H29IN6. The van der Waals surface area contributed by atoms with Gasteiger partial charge in [0.15, 0.2) is 11.6 Å². The van der Waals surface area contributed by atoms with E-state index in [1.54, 1.807) is 7.05 Å². The Bertz CT molecular complexity index is 877. The van der Waals surface area contributed by atoms with Gasteiger partial charge >= 0.3 is 0 Å². The first-order valence-corrected chi connectivity index (χ1v) is 9.50. The smallest absolute Gasteiger partial charge is 0.191 e. The molecule has 150 valence electrons. The predicted molar refractivity (Wildman–Crippen MR) is 126 cm³/mol. The van der Waals surface area contributed by atoms with Gasteiger partial charge in [-0.2, -0.15) is 0 Å². The van der Waals surface area contributed by atoms with Crippen molar-refractivity contribution in [3.63, 3.8) is 0 Å². The number of hydrogen-bond donors (Lipinski definition) is 2. The quantitative estimate of drug-likeness (QED) is 0.229. The van der Waals surface area contributed by atoms with Gasteiger partial charge < -0.3 is 10.6 Å². The minimum Gasteiger partial charge on any atom is -0.356 e. The van der Waals surface area contributed by atoms with Crippen LogP contribution in [0.5, 0.6) is 0 Å². The van der Waals surface area contributed by atoms with E-state index in [1.807, 2.05) is 34.9 Å². The summed E-state index contributed by atoms with van der Waals surface area (Å²) in [6, 6.07) is 16.8. The van der Waals surface area contributed by atoms with E-state index >= 15 is 0 Å². The Morgan fingerprint density at radius 1 is 1.07 bits per heavy atom. The molecule has 0 aliphatic heterocycles. The van der Waals surface area contributed by atoms with E-state index in [0.717, 1.165) is 36.8 Å². The molecule has 0 aliphatic carbocycles. The van der Waals surface area contributed by atoms with E-state index in [0.29, 0.717) is 5.92 Å². The van der Waals surface area contributed by atoms with Crippen molar-refractivity contribution in [1.82, 2.24) is 25.2 Å². The second kappa shape index (κ2) is 11.0. The van der Waals surface area contributed by atoms with Crippen LogP contribution >= 0.6 is 24.0 Å². The third kappa shape index (κ3) is 5.67. The highest BCUT2D eigenvalue weighted by atomic mass is 127. The van der Waals surface area contributed by atoms with Crippen LogP contribution in [0.1, 0.15) is 37.6 Å². The van der Waals surface area contributed by atoms with Crippen molar-refractivity contribution in [3.8, 4) is 0 Å². The maximum absolute atomic E-state index is 4.35. The first-order chi connectivity index (χ1) is 13.2. The van der Waals surface area contributed by atoms with E-state index in [4.69, 9.17) is 0 Å². The maximum atomic E-state index is 4.35. The Morgan fingerprint density at radius 3 is 2.57 bits per heavy atom. The van der Waals surface area contributed by atoms with Crippen molar-refractivity contribution in [3.05, 3.63) is 66.1 Å². The number of aromatic nitrogens is 3. The van der Waals surface area contributed by atoms with Gasteiger partial charge in [-0.15, -0.1) is 34.2 Å². The largest absolute Gasteiger partial charge is 0.356 e. The van der Waals surface area contributed by atoms with Crippen LogP contribution in [0.25, 0.3) is 5.65 Å². The summed E-state index contributed by atoms with van der Waals surface area (Å²) in [7, 11) is 1.81. The summed E-state index contributed by atoms with van der Waals surface area (Å²) in [6.45, 7) is 5.25. The normalized spacial score (nSPS) is 13.6. The number of pyridine rings is 1. The van der Waals surface area contributed by atoms with E-state index in [9.17, 15) is 0 Å². The van der Waals surface area contributed by atoms with Gasteiger partial charge in [0.2, 0.25) is 0 Å². The number of aryl methyl sites for hydroxylation is 1. The fraction of sp³-hybridized carbons (Fsp3) is 0.381. The van der Waals surface area contributed by atoms with Gasteiger partial charge in [-0.25, -0.2) is 0 Å². The summed E-state index contributed by atoms with van der Waals surface area (Å²) >= 11 is 0. The summed E-state index contributed by atoms with van der Waals surface area (Å²) in [5, 5.41) is 15.4. The molecule has 1 aromatic carbocycles. The molecule has 0 radical (unpaired) electrons. The van der Waals surface area contributed by atoms with Crippen LogP contribution < -0.4 is 10.6 Å². The molecule has 28 heavy (non-hydrogen) atoms. The second-order valence-corrected chi connectivity index (χ2v) is 6.78. The number of hydrogen-bond acceptors (Lipinski definition) is 3. The van der Waals surface area contributed by atoms with Crippen LogP contribution in [0.15, 0.2) is 59.7 Å². The molecule has 0 bridgehead atoms. The molecule has 3 rings (SSSR count). The van der Waals surface area contributed by atoms with Gasteiger partial charge in [0.1, 0.15) is 5.82 Å². The standard InChI is InChI=1S/C21H28N6.HI/c1-16(18-10-5-4-6-11-18)17(2)24-21(22-3)23-14-9-13-20-26-25-19-12-7-8-15-27(19)20;/h4-8,10-12,15-17H,9,13-14H2,1-3H3,(H2,22,23,24);1H. The number of aliphatic imine (C=N–C) groups is 1. The molecule has 0 saturated heterocycles. The molecule has 2 N–H and O–H groups in total. The van der Waals surface area contributed by atoms with Crippen molar-refractivity contribution in [2.45, 2.75) is 38.6 Å². The van der Waals surface area contributed by atoms with Crippen molar-refractivity contribution in [1.29, 1.82) is 0 Å². The van der Waals surface area contributed by atoms with Gasteiger partial charge in [-0.05, 0) is 31.0 Å². The van der Waals surface area contributed by atoms with Crippen LogP contribution in [0.3, 0.4) is 0 Å². The lowest BCUT2D eigenvalue weighted by atomic mass is 9.94. The molecule has 0 spiro atoms. The Balaban J connectivity index is 0.00000280. The number of nitrogens with zero attached hydrogens (tertiary/aromatic N) is 4. The first kappa shape index (κ1) is 22.1. The Hall–Kier alpha value is -2.16. The lowest BCUT2D eigenvalue weighted by Crippen LogP contribution is -2.44. The zero-order valence-corrected chi connectivity index (χ0v) is 19.0. The number of benzene rings is 1. The second-order valence-electron chi connectivity index (χ2n) is 6.78. The molecular weight excluding hydrogens is 463 g/mol. The summed E-state index contributed by atoms with van der Waals surface area (Å²) in [5.74, 6) is 2.21. The van der Waals surface area contributed by atoms with Crippen LogP contribution in [0, 0.1) is 0 Å². The van der Waals surface area contributed by atoms with Gasteiger partial charge in [-0.3, -0.25) is 9.39 Å². The summed E-state index contributed by atoms with van der Waals surface area (Å²) in [4.78, 5) is 4.35. The highest BCUT2D eigenvalue weighted by Crippen LogP contribution is 2.18. The zero-order valence-electron chi connectivity index (χ0n) is 16.7. The minimum absolute atomic E-state index is 0.